The molecule has 0 spiro atoms. The fourth-order valence-corrected chi connectivity index (χ4v) is 7.38. The van der Waals surface area contributed by atoms with Crippen molar-refractivity contribution in [2.45, 2.75) is 12.8 Å². The Hall–Kier alpha value is -6.89. The lowest BCUT2D eigenvalue weighted by Crippen LogP contribution is -2.05. The number of rotatable bonds is 4. The van der Waals surface area contributed by atoms with Crippen molar-refractivity contribution in [3.63, 3.8) is 0 Å². The van der Waals surface area contributed by atoms with Gasteiger partial charge in [0.15, 0.2) is 17.5 Å². The van der Waals surface area contributed by atoms with Crippen molar-refractivity contribution in [2.24, 2.45) is 0 Å². The van der Waals surface area contributed by atoms with Crippen LogP contribution in [0.2, 0.25) is 0 Å². The van der Waals surface area contributed by atoms with E-state index in [-0.39, 0.29) is 17.0 Å². The molecule has 0 aliphatic heterocycles. The number of aromatic nitrogens is 4. The molecule has 0 saturated heterocycles. The zero-order valence-electron chi connectivity index (χ0n) is 26.5. The number of fused-ring (bicyclic) bond motifs is 7. The summed E-state index contributed by atoms with van der Waals surface area (Å²) in [6.07, 6.45) is 0. The van der Waals surface area contributed by atoms with E-state index in [1.165, 1.54) is 22.3 Å². The summed E-state index contributed by atoms with van der Waals surface area (Å²) >= 11 is 0. The third-order valence-corrected chi connectivity index (χ3v) is 9.62. The minimum Gasteiger partial charge on any atom is -0.308 e. The summed E-state index contributed by atoms with van der Waals surface area (Å²) in [5, 5.41) is 23.7. The van der Waals surface area contributed by atoms with Gasteiger partial charge in [0.05, 0.1) is 27.8 Å². The van der Waals surface area contributed by atoms with E-state index in [1.807, 2.05) is 78.9 Å². The van der Waals surface area contributed by atoms with Gasteiger partial charge in [0.25, 0.3) is 0 Å². The van der Waals surface area contributed by atoms with Gasteiger partial charge in [-0.1, -0.05) is 116 Å². The number of nitrogens with zero attached hydrogens (tertiary/aromatic N) is 6. The first-order chi connectivity index (χ1) is 24.2. The van der Waals surface area contributed by atoms with Crippen molar-refractivity contribution in [2.75, 3.05) is 0 Å². The second kappa shape index (κ2) is 11.1. The first-order valence-corrected chi connectivity index (χ1v) is 16.2. The molecule has 6 nitrogen and oxygen atoms in total. The zero-order chi connectivity index (χ0) is 33.1. The Bertz CT molecular complexity index is 2640. The maximum atomic E-state index is 10.8. The smallest absolute Gasteiger partial charge is 0.165 e. The van der Waals surface area contributed by atoms with E-state index < -0.39 is 0 Å². The molecular formula is C43H26N6. The number of hydrogen-bond donors (Lipinski definition) is 0. The third kappa shape index (κ3) is 4.29. The van der Waals surface area contributed by atoms with E-state index in [2.05, 4.69) is 78.2 Å². The van der Waals surface area contributed by atoms with Crippen molar-refractivity contribution in [3.05, 3.63) is 156 Å². The monoisotopic (exact) mass is 626 g/mol. The van der Waals surface area contributed by atoms with Crippen LogP contribution < -0.4 is 0 Å². The number of nitriles is 2. The summed E-state index contributed by atoms with van der Waals surface area (Å²) in [5.74, 6) is 1.58. The van der Waals surface area contributed by atoms with Crippen LogP contribution in [0.25, 0.3) is 72.8 Å². The van der Waals surface area contributed by atoms with Gasteiger partial charge < -0.3 is 4.57 Å². The second-order valence-electron chi connectivity index (χ2n) is 12.2. The van der Waals surface area contributed by atoms with Crippen LogP contribution in [-0.2, 0) is 0 Å². The Labute approximate surface area is 282 Å². The highest BCUT2D eigenvalue weighted by atomic mass is 15.0. The lowest BCUT2D eigenvalue weighted by molar-refractivity contribution is 0.957. The highest BCUT2D eigenvalue weighted by Gasteiger charge is 2.30. The average Bonchev–Trinajstić information content (AvgIpc) is 3.66. The van der Waals surface area contributed by atoms with Crippen LogP contribution in [0.4, 0.5) is 0 Å². The molecule has 0 bridgehead atoms. The zero-order valence-corrected chi connectivity index (χ0v) is 26.5. The van der Waals surface area contributed by atoms with Gasteiger partial charge in [0.2, 0.25) is 0 Å². The van der Waals surface area contributed by atoms with Crippen molar-refractivity contribution >= 4 is 21.8 Å². The van der Waals surface area contributed by atoms with Gasteiger partial charge in [-0.25, -0.2) is 15.0 Å². The first kappa shape index (κ1) is 28.3. The molecule has 8 aromatic rings. The topological polar surface area (TPSA) is 91.2 Å². The van der Waals surface area contributed by atoms with Crippen LogP contribution in [0.15, 0.2) is 133 Å². The van der Waals surface area contributed by atoms with Crippen LogP contribution >= 0.6 is 0 Å². The Morgan fingerprint density at radius 3 is 1.84 bits per heavy atom. The quantitative estimate of drug-likeness (QED) is 0.194. The molecule has 2 aromatic heterocycles. The fraction of sp³-hybridized carbons (Fsp3) is 0.0465. The van der Waals surface area contributed by atoms with Gasteiger partial charge in [-0.3, -0.25) is 0 Å². The first-order valence-electron chi connectivity index (χ1n) is 16.2. The van der Waals surface area contributed by atoms with Crippen molar-refractivity contribution in [3.8, 4) is 63.1 Å². The van der Waals surface area contributed by atoms with Crippen molar-refractivity contribution in [1.29, 1.82) is 10.5 Å². The summed E-state index contributed by atoms with van der Waals surface area (Å²) in [7, 11) is 0. The molecule has 6 aromatic carbocycles. The van der Waals surface area contributed by atoms with E-state index in [1.54, 1.807) is 0 Å². The van der Waals surface area contributed by atoms with Crippen LogP contribution in [-0.4, -0.2) is 19.5 Å². The summed E-state index contributed by atoms with van der Waals surface area (Å²) in [4.78, 5) is 14.5. The third-order valence-electron chi connectivity index (χ3n) is 9.62. The van der Waals surface area contributed by atoms with Gasteiger partial charge >= 0.3 is 0 Å². The SMILES string of the molecule is CC1c2ccccc2-c2c1ccc1c2c2ccccc2n1-c1ccc(-c2nc(-c3ccccc3)nc(-c3ccccc3)n2)c(C#N)c1C#N. The van der Waals surface area contributed by atoms with E-state index in [0.717, 1.165) is 32.9 Å². The Kier molecular flexibility index (Phi) is 6.43. The van der Waals surface area contributed by atoms with Gasteiger partial charge in [-0.15, -0.1) is 0 Å². The molecule has 0 amide bonds. The molecule has 1 aliphatic carbocycles. The molecule has 9 rings (SSSR count). The molecule has 1 atom stereocenters. The van der Waals surface area contributed by atoms with E-state index in [9.17, 15) is 10.5 Å². The Morgan fingerprint density at radius 1 is 0.531 bits per heavy atom. The number of benzene rings is 6. The van der Waals surface area contributed by atoms with Crippen LogP contribution in [0.1, 0.15) is 35.1 Å². The summed E-state index contributed by atoms with van der Waals surface area (Å²) in [6.45, 7) is 2.26. The second-order valence-corrected chi connectivity index (χ2v) is 12.2. The highest BCUT2D eigenvalue weighted by Crippen LogP contribution is 2.50. The molecular weight excluding hydrogens is 601 g/mol. The minimum absolute atomic E-state index is 0.218. The summed E-state index contributed by atoms with van der Waals surface area (Å²) < 4.78 is 2.12. The normalized spacial score (nSPS) is 13.2. The maximum Gasteiger partial charge on any atom is 0.165 e. The fourth-order valence-electron chi connectivity index (χ4n) is 7.38. The lowest BCUT2D eigenvalue weighted by atomic mass is 9.97. The molecule has 0 saturated carbocycles. The van der Waals surface area contributed by atoms with Gasteiger partial charge in [0, 0.05) is 33.4 Å². The number of hydrogen-bond acceptors (Lipinski definition) is 5. The molecule has 6 heteroatoms. The molecule has 0 radical (unpaired) electrons. The van der Waals surface area contributed by atoms with Gasteiger partial charge in [-0.05, 0) is 46.5 Å². The van der Waals surface area contributed by atoms with Gasteiger partial charge in [-0.2, -0.15) is 10.5 Å². The number of para-hydroxylation sites is 1. The van der Waals surface area contributed by atoms with Crippen LogP contribution in [0.5, 0.6) is 0 Å². The van der Waals surface area contributed by atoms with Crippen molar-refractivity contribution < 1.29 is 0 Å². The standard InChI is InChI=1S/C43H26N6/c1-26-29-16-8-9-17-31(29)39-30(26)20-23-38-40(39)33-18-10-11-19-36(33)49(38)37-22-21-32(34(24-44)35(37)25-45)43-47-41(27-12-4-2-5-13-27)46-42(48-43)28-14-6-3-7-15-28/h2-23,26H,1H3. The Morgan fingerprint density at radius 2 is 1.14 bits per heavy atom. The molecule has 2 heterocycles. The molecule has 0 fully saturated rings. The van der Waals surface area contributed by atoms with Crippen LogP contribution in [0, 0.1) is 22.7 Å². The lowest BCUT2D eigenvalue weighted by Gasteiger charge is -2.15. The molecule has 228 valence electrons. The molecule has 49 heavy (non-hydrogen) atoms. The maximum absolute atomic E-state index is 10.8. The minimum atomic E-state index is 0.218. The van der Waals surface area contributed by atoms with Crippen molar-refractivity contribution in [1.82, 2.24) is 19.5 Å². The predicted molar refractivity (Wildman–Crippen MR) is 193 cm³/mol. The van der Waals surface area contributed by atoms with E-state index in [0.29, 0.717) is 28.7 Å². The molecule has 1 unspecified atom stereocenters. The predicted octanol–water partition coefficient (Wildman–Crippen LogP) is 9.85. The highest BCUT2D eigenvalue weighted by molar-refractivity contribution is 6.17. The summed E-state index contributed by atoms with van der Waals surface area (Å²) in [5.41, 5.74) is 10.3. The van der Waals surface area contributed by atoms with Gasteiger partial charge in [0.1, 0.15) is 12.1 Å². The van der Waals surface area contributed by atoms with Crippen LogP contribution in [0.3, 0.4) is 0 Å². The molecule has 0 N–H and O–H groups in total. The average molecular weight is 627 g/mol. The van der Waals surface area contributed by atoms with E-state index >= 15 is 0 Å². The molecule has 1 aliphatic rings. The Balaban J connectivity index is 1.30. The summed E-state index contributed by atoms with van der Waals surface area (Å²) in [6, 6.07) is 49.2. The van der Waals surface area contributed by atoms with E-state index in [4.69, 9.17) is 15.0 Å². The largest absolute Gasteiger partial charge is 0.308 e.